The number of carbonyl (C=O) groups is 1. The van der Waals surface area contributed by atoms with Gasteiger partial charge >= 0.3 is 0 Å². The standard InChI is InChI=1S/C21H22N2O4/c1-11-18(24)21(27)20(26)16(23-11)9-10-22-15-8-4-7-13-12-5-2-3-6-14(12)19(25)17(13)15/h2-9,11,18,20-24,26-27H,10H2,1H3/b16-9-/t11-,18+,20+,21+/m0/s1. The first-order valence-electron chi connectivity index (χ1n) is 9.01. The highest BCUT2D eigenvalue weighted by Crippen LogP contribution is 2.39. The molecule has 1 saturated heterocycles. The number of anilines is 1. The van der Waals surface area contributed by atoms with Crippen molar-refractivity contribution in [3.05, 3.63) is 65.4 Å². The predicted molar refractivity (Wildman–Crippen MR) is 103 cm³/mol. The minimum atomic E-state index is -1.23. The van der Waals surface area contributed by atoms with Gasteiger partial charge in [0.15, 0.2) is 5.78 Å². The van der Waals surface area contributed by atoms with Gasteiger partial charge in [-0.25, -0.2) is 0 Å². The van der Waals surface area contributed by atoms with Crippen LogP contribution in [0.25, 0.3) is 11.1 Å². The zero-order valence-electron chi connectivity index (χ0n) is 14.9. The van der Waals surface area contributed by atoms with Gasteiger partial charge in [-0.2, -0.15) is 0 Å². The fraction of sp³-hybridized carbons (Fsp3) is 0.286. The van der Waals surface area contributed by atoms with E-state index in [0.29, 0.717) is 23.4 Å². The molecule has 140 valence electrons. The van der Waals surface area contributed by atoms with E-state index in [9.17, 15) is 20.1 Å². The third kappa shape index (κ3) is 2.92. The van der Waals surface area contributed by atoms with Crippen molar-refractivity contribution in [3.63, 3.8) is 0 Å². The highest BCUT2D eigenvalue weighted by Gasteiger charge is 2.36. The normalized spacial score (nSPS) is 27.9. The van der Waals surface area contributed by atoms with Crippen molar-refractivity contribution >= 4 is 11.5 Å². The van der Waals surface area contributed by atoms with Gasteiger partial charge in [0.25, 0.3) is 0 Å². The van der Waals surface area contributed by atoms with E-state index in [0.717, 1.165) is 16.8 Å². The summed E-state index contributed by atoms with van der Waals surface area (Å²) in [5.41, 5.74) is 4.39. The number of carbonyl (C=O) groups excluding carboxylic acids is 1. The molecule has 1 aliphatic heterocycles. The molecule has 2 aliphatic rings. The molecule has 1 heterocycles. The minimum absolute atomic E-state index is 0.000606. The van der Waals surface area contributed by atoms with Crippen molar-refractivity contribution < 1.29 is 20.1 Å². The fourth-order valence-electron chi connectivity index (χ4n) is 3.77. The molecule has 0 amide bonds. The van der Waals surface area contributed by atoms with Crippen molar-refractivity contribution in [1.29, 1.82) is 0 Å². The molecule has 2 aromatic rings. The van der Waals surface area contributed by atoms with E-state index in [1.54, 1.807) is 13.0 Å². The van der Waals surface area contributed by atoms with Crippen LogP contribution in [0.15, 0.2) is 54.2 Å². The Bertz CT molecular complexity index is 924. The summed E-state index contributed by atoms with van der Waals surface area (Å²) in [5, 5.41) is 36.1. The molecule has 0 bridgehead atoms. The van der Waals surface area contributed by atoms with E-state index in [1.165, 1.54) is 0 Å². The molecule has 27 heavy (non-hydrogen) atoms. The Balaban J connectivity index is 1.55. The molecule has 1 aliphatic carbocycles. The predicted octanol–water partition coefficient (Wildman–Crippen LogP) is 1.27. The van der Waals surface area contributed by atoms with Crippen LogP contribution < -0.4 is 10.6 Å². The van der Waals surface area contributed by atoms with Crippen LogP contribution in [0, 0.1) is 0 Å². The van der Waals surface area contributed by atoms with Crippen LogP contribution in [0.1, 0.15) is 22.8 Å². The first-order valence-corrected chi connectivity index (χ1v) is 9.01. The molecular weight excluding hydrogens is 344 g/mol. The van der Waals surface area contributed by atoms with Crippen molar-refractivity contribution in [2.75, 3.05) is 11.9 Å². The topological polar surface area (TPSA) is 102 Å². The largest absolute Gasteiger partial charge is 0.388 e. The van der Waals surface area contributed by atoms with Crippen molar-refractivity contribution in [2.45, 2.75) is 31.3 Å². The Kier molecular flexibility index (Phi) is 4.47. The number of ketones is 1. The van der Waals surface area contributed by atoms with Crippen molar-refractivity contribution in [3.8, 4) is 11.1 Å². The smallest absolute Gasteiger partial charge is 0.196 e. The molecule has 6 nitrogen and oxygen atoms in total. The number of rotatable bonds is 3. The summed E-state index contributed by atoms with van der Waals surface area (Å²) in [6.07, 6.45) is -1.71. The van der Waals surface area contributed by atoms with Gasteiger partial charge in [0, 0.05) is 23.5 Å². The lowest BCUT2D eigenvalue weighted by Gasteiger charge is -2.36. The van der Waals surface area contributed by atoms with Crippen molar-refractivity contribution in [2.24, 2.45) is 0 Å². The van der Waals surface area contributed by atoms with E-state index < -0.39 is 18.3 Å². The molecule has 0 unspecified atom stereocenters. The Hall–Kier alpha value is -2.67. The van der Waals surface area contributed by atoms with Gasteiger partial charge < -0.3 is 26.0 Å². The Morgan fingerprint density at radius 2 is 1.70 bits per heavy atom. The minimum Gasteiger partial charge on any atom is -0.388 e. The molecule has 0 aromatic heterocycles. The lowest BCUT2D eigenvalue weighted by molar-refractivity contribution is -0.0758. The summed E-state index contributed by atoms with van der Waals surface area (Å²) in [4.78, 5) is 12.8. The van der Waals surface area contributed by atoms with Gasteiger partial charge in [0.2, 0.25) is 0 Å². The number of aliphatic hydroxyl groups is 3. The molecule has 4 atom stereocenters. The number of benzene rings is 2. The average molecular weight is 366 g/mol. The monoisotopic (exact) mass is 366 g/mol. The van der Waals surface area contributed by atoms with Crippen LogP contribution in [0.5, 0.6) is 0 Å². The number of hydrogen-bond acceptors (Lipinski definition) is 6. The van der Waals surface area contributed by atoms with Crippen LogP contribution in [0.4, 0.5) is 5.69 Å². The fourth-order valence-corrected chi connectivity index (χ4v) is 3.77. The Morgan fingerprint density at radius 3 is 2.48 bits per heavy atom. The second-order valence-electron chi connectivity index (χ2n) is 7.00. The van der Waals surface area contributed by atoms with Crippen molar-refractivity contribution in [1.82, 2.24) is 5.32 Å². The van der Waals surface area contributed by atoms with E-state index >= 15 is 0 Å². The summed E-state index contributed by atoms with van der Waals surface area (Å²) < 4.78 is 0. The quantitative estimate of drug-likeness (QED) is 0.479. The maximum Gasteiger partial charge on any atom is 0.196 e. The molecule has 2 aromatic carbocycles. The van der Waals surface area contributed by atoms with Crippen LogP contribution in [0.3, 0.4) is 0 Å². The Morgan fingerprint density at radius 1 is 1.00 bits per heavy atom. The third-order valence-electron chi connectivity index (χ3n) is 5.27. The molecule has 0 radical (unpaired) electrons. The molecule has 5 N–H and O–H groups in total. The highest BCUT2D eigenvalue weighted by molar-refractivity contribution is 6.24. The lowest BCUT2D eigenvalue weighted by Crippen LogP contribution is -2.57. The van der Waals surface area contributed by atoms with Crippen LogP contribution in [-0.4, -0.2) is 52.0 Å². The number of piperidine rings is 1. The zero-order valence-corrected chi connectivity index (χ0v) is 14.9. The average Bonchev–Trinajstić information content (AvgIpc) is 2.98. The number of hydrogen-bond donors (Lipinski definition) is 5. The van der Waals surface area contributed by atoms with Gasteiger partial charge in [-0.15, -0.1) is 0 Å². The van der Waals surface area contributed by atoms with E-state index in [2.05, 4.69) is 10.6 Å². The van der Waals surface area contributed by atoms with E-state index in [-0.39, 0.29) is 11.8 Å². The molecule has 6 heteroatoms. The van der Waals surface area contributed by atoms with Gasteiger partial charge in [-0.1, -0.05) is 36.4 Å². The van der Waals surface area contributed by atoms with Gasteiger partial charge in [-0.05, 0) is 30.2 Å². The maximum absolute atomic E-state index is 12.8. The highest BCUT2D eigenvalue weighted by atomic mass is 16.4. The SMILES string of the molecule is C[C@@H]1N/C(=C\CNc2cccc3c2C(=O)c2ccccc2-3)[C@@H](O)[C@H](O)[C@@H]1O. The lowest BCUT2D eigenvalue weighted by atomic mass is 9.94. The maximum atomic E-state index is 12.8. The molecule has 0 saturated carbocycles. The van der Waals surface area contributed by atoms with Crippen LogP contribution >= 0.6 is 0 Å². The summed E-state index contributed by atoms with van der Waals surface area (Å²) in [5.74, 6) is -0.000606. The third-order valence-corrected chi connectivity index (χ3v) is 5.27. The van der Waals surface area contributed by atoms with E-state index in [1.807, 2.05) is 42.5 Å². The Labute approximate surface area is 157 Å². The first-order chi connectivity index (χ1) is 13.0. The zero-order chi connectivity index (χ0) is 19.1. The molecule has 4 rings (SSSR count). The number of fused-ring (bicyclic) bond motifs is 3. The van der Waals surface area contributed by atoms with Gasteiger partial charge in [0.1, 0.15) is 18.3 Å². The second-order valence-corrected chi connectivity index (χ2v) is 7.00. The summed E-state index contributed by atoms with van der Waals surface area (Å²) in [7, 11) is 0. The van der Waals surface area contributed by atoms with E-state index in [4.69, 9.17) is 0 Å². The summed E-state index contributed by atoms with van der Waals surface area (Å²) >= 11 is 0. The summed E-state index contributed by atoms with van der Waals surface area (Å²) in [6, 6.07) is 12.9. The molecule has 1 fully saturated rings. The number of nitrogens with one attached hydrogen (secondary N) is 2. The first kappa shape index (κ1) is 17.7. The molecule has 0 spiro atoms. The van der Waals surface area contributed by atoms with Crippen LogP contribution in [-0.2, 0) is 0 Å². The number of aliphatic hydroxyl groups excluding tert-OH is 3. The molecular formula is C21H22N2O4. The van der Waals surface area contributed by atoms with Gasteiger partial charge in [-0.3, -0.25) is 4.79 Å². The van der Waals surface area contributed by atoms with Gasteiger partial charge in [0.05, 0.1) is 11.6 Å². The van der Waals surface area contributed by atoms with Crippen LogP contribution in [0.2, 0.25) is 0 Å². The summed E-state index contributed by atoms with van der Waals surface area (Å²) in [6.45, 7) is 2.09. The second kappa shape index (κ2) is 6.81.